The number of thiophene rings is 1. The first-order chi connectivity index (χ1) is 8.01. The van der Waals surface area contributed by atoms with E-state index in [1.165, 1.54) is 11.3 Å². The van der Waals surface area contributed by atoms with Gasteiger partial charge in [-0.3, -0.25) is 0 Å². The van der Waals surface area contributed by atoms with E-state index in [1.54, 1.807) is 10.4 Å². The molecule has 2 heterocycles. The lowest BCUT2D eigenvalue weighted by atomic mass is 10.2. The number of rotatable bonds is 2. The van der Waals surface area contributed by atoms with Gasteiger partial charge in [-0.1, -0.05) is 12.8 Å². The number of hydrogen-bond donors (Lipinski definition) is 0. The molecule has 1 aromatic heterocycles. The zero-order chi connectivity index (χ0) is 12.5. The van der Waals surface area contributed by atoms with E-state index >= 15 is 0 Å². The van der Waals surface area contributed by atoms with Crippen molar-refractivity contribution in [1.82, 2.24) is 4.31 Å². The van der Waals surface area contributed by atoms with E-state index in [4.69, 9.17) is 0 Å². The number of halogens is 1. The number of aryl methyl sites for hydroxylation is 1. The number of hydrogen-bond acceptors (Lipinski definition) is 3. The molecule has 17 heavy (non-hydrogen) atoms. The second-order valence-electron chi connectivity index (χ2n) is 4.29. The van der Waals surface area contributed by atoms with Crippen LogP contribution in [0, 0.1) is 6.92 Å². The molecule has 1 saturated heterocycles. The Bertz CT molecular complexity index is 488. The van der Waals surface area contributed by atoms with E-state index in [0.29, 0.717) is 18.0 Å². The zero-order valence-corrected chi connectivity index (χ0v) is 13.0. The van der Waals surface area contributed by atoms with Gasteiger partial charge in [-0.05, 0) is 41.8 Å². The van der Waals surface area contributed by atoms with Crippen molar-refractivity contribution in [3.05, 3.63) is 14.7 Å². The van der Waals surface area contributed by atoms with Gasteiger partial charge in [0, 0.05) is 18.0 Å². The number of nitrogens with zero attached hydrogens (tertiary/aromatic N) is 1. The fraction of sp³-hybridized carbons (Fsp3) is 0.636. The first kappa shape index (κ1) is 13.5. The molecule has 3 nitrogen and oxygen atoms in total. The van der Waals surface area contributed by atoms with Crippen molar-refractivity contribution in [2.24, 2.45) is 0 Å². The summed E-state index contributed by atoms with van der Waals surface area (Å²) in [5.41, 5.74) is 0. The molecule has 0 radical (unpaired) electrons. The van der Waals surface area contributed by atoms with E-state index in [0.717, 1.165) is 34.3 Å². The third kappa shape index (κ3) is 2.92. The van der Waals surface area contributed by atoms with Crippen LogP contribution in [-0.2, 0) is 10.0 Å². The Labute approximate surface area is 115 Å². The van der Waals surface area contributed by atoms with Gasteiger partial charge >= 0.3 is 0 Å². The average molecular weight is 338 g/mol. The lowest BCUT2D eigenvalue weighted by molar-refractivity contribution is 0.423. The summed E-state index contributed by atoms with van der Waals surface area (Å²) < 4.78 is 27.5. The average Bonchev–Trinajstić information content (AvgIpc) is 2.52. The molecule has 1 fully saturated rings. The third-order valence-electron chi connectivity index (χ3n) is 3.03. The molecule has 96 valence electrons. The molecule has 0 bridgehead atoms. The Morgan fingerprint density at radius 2 is 1.82 bits per heavy atom. The van der Waals surface area contributed by atoms with Gasteiger partial charge in [0.2, 0.25) is 10.0 Å². The zero-order valence-electron chi connectivity index (χ0n) is 9.78. The normalized spacial score (nSPS) is 19.2. The third-order valence-corrected chi connectivity index (χ3v) is 6.73. The molecular weight excluding hydrogens is 322 g/mol. The Hall–Kier alpha value is 0.0900. The maximum absolute atomic E-state index is 12.5. The predicted octanol–water partition coefficient (Wildman–Crippen LogP) is 3.38. The van der Waals surface area contributed by atoms with Crippen LogP contribution >= 0.6 is 27.3 Å². The minimum atomic E-state index is -3.28. The highest BCUT2D eigenvalue weighted by Gasteiger charge is 2.27. The standard InChI is InChI=1S/C11H16BrNO2S2/c1-9-10(8-11(12)16-9)17(14,15)13-6-4-2-3-5-7-13/h8H,2-7H2,1H3. The van der Waals surface area contributed by atoms with Crippen molar-refractivity contribution < 1.29 is 8.42 Å². The summed E-state index contributed by atoms with van der Waals surface area (Å²) in [6.07, 6.45) is 4.23. The maximum Gasteiger partial charge on any atom is 0.244 e. The lowest BCUT2D eigenvalue weighted by Crippen LogP contribution is -2.32. The first-order valence-corrected chi connectivity index (χ1v) is 8.83. The van der Waals surface area contributed by atoms with Crippen LogP contribution in [0.3, 0.4) is 0 Å². The predicted molar refractivity (Wildman–Crippen MR) is 74.0 cm³/mol. The van der Waals surface area contributed by atoms with Gasteiger partial charge < -0.3 is 0 Å². The highest BCUT2D eigenvalue weighted by molar-refractivity contribution is 9.11. The van der Waals surface area contributed by atoms with E-state index < -0.39 is 10.0 Å². The topological polar surface area (TPSA) is 37.4 Å². The van der Waals surface area contributed by atoms with Crippen LogP contribution in [0.1, 0.15) is 30.6 Å². The largest absolute Gasteiger partial charge is 0.244 e. The summed E-state index contributed by atoms with van der Waals surface area (Å²) in [6, 6.07) is 1.72. The highest BCUT2D eigenvalue weighted by atomic mass is 79.9. The van der Waals surface area contributed by atoms with Crippen LogP contribution in [0.5, 0.6) is 0 Å². The van der Waals surface area contributed by atoms with Crippen molar-refractivity contribution in [1.29, 1.82) is 0 Å². The van der Waals surface area contributed by atoms with E-state index in [-0.39, 0.29) is 0 Å². The minimum Gasteiger partial charge on any atom is -0.207 e. The number of sulfonamides is 1. The van der Waals surface area contributed by atoms with Crippen LogP contribution in [0.4, 0.5) is 0 Å². The fourth-order valence-corrected chi connectivity index (χ4v) is 6.01. The Morgan fingerprint density at radius 1 is 1.24 bits per heavy atom. The molecule has 0 N–H and O–H groups in total. The van der Waals surface area contributed by atoms with E-state index in [2.05, 4.69) is 15.9 Å². The molecule has 0 spiro atoms. The first-order valence-electron chi connectivity index (χ1n) is 5.78. The van der Waals surface area contributed by atoms with Gasteiger partial charge in [0.25, 0.3) is 0 Å². The summed E-state index contributed by atoms with van der Waals surface area (Å²) in [4.78, 5) is 1.33. The maximum atomic E-state index is 12.5. The van der Waals surface area contributed by atoms with Crippen LogP contribution in [-0.4, -0.2) is 25.8 Å². The van der Waals surface area contributed by atoms with Crippen LogP contribution in [0.15, 0.2) is 14.7 Å². The van der Waals surface area contributed by atoms with E-state index in [9.17, 15) is 8.42 Å². The van der Waals surface area contributed by atoms with Crippen molar-refractivity contribution in [2.45, 2.75) is 37.5 Å². The molecule has 0 atom stereocenters. The van der Waals surface area contributed by atoms with Crippen molar-refractivity contribution in [3.8, 4) is 0 Å². The molecule has 0 saturated carbocycles. The smallest absolute Gasteiger partial charge is 0.207 e. The molecule has 0 unspecified atom stereocenters. The van der Waals surface area contributed by atoms with Gasteiger partial charge in [-0.15, -0.1) is 11.3 Å². The summed E-state index contributed by atoms with van der Waals surface area (Å²) in [5.74, 6) is 0. The Kier molecular flexibility index (Phi) is 4.28. The molecule has 6 heteroatoms. The van der Waals surface area contributed by atoms with E-state index in [1.807, 2.05) is 6.92 Å². The highest BCUT2D eigenvalue weighted by Crippen LogP contribution is 2.32. The van der Waals surface area contributed by atoms with Gasteiger partial charge in [0.1, 0.15) is 0 Å². The second kappa shape index (κ2) is 5.38. The van der Waals surface area contributed by atoms with Gasteiger partial charge in [-0.2, -0.15) is 4.31 Å². The summed E-state index contributed by atoms with van der Waals surface area (Å²) in [7, 11) is -3.28. The molecule has 0 aromatic carbocycles. The lowest BCUT2D eigenvalue weighted by Gasteiger charge is -2.19. The van der Waals surface area contributed by atoms with Gasteiger partial charge in [0.15, 0.2) is 0 Å². The van der Waals surface area contributed by atoms with Crippen LogP contribution < -0.4 is 0 Å². The quantitative estimate of drug-likeness (QED) is 0.829. The summed E-state index contributed by atoms with van der Waals surface area (Å²) in [6.45, 7) is 3.19. The van der Waals surface area contributed by atoms with Gasteiger partial charge in [-0.25, -0.2) is 8.42 Å². The SMILES string of the molecule is Cc1sc(Br)cc1S(=O)(=O)N1CCCCCC1. The van der Waals surface area contributed by atoms with Crippen LogP contribution in [0.2, 0.25) is 0 Å². The van der Waals surface area contributed by atoms with Crippen molar-refractivity contribution >= 4 is 37.3 Å². The molecule has 1 aliphatic rings. The molecule has 1 aromatic rings. The van der Waals surface area contributed by atoms with Crippen LogP contribution in [0.25, 0.3) is 0 Å². The molecular formula is C11H16BrNO2S2. The molecule has 0 aliphatic carbocycles. The summed E-state index contributed by atoms with van der Waals surface area (Å²) in [5, 5.41) is 0. The van der Waals surface area contributed by atoms with Crippen molar-refractivity contribution in [3.63, 3.8) is 0 Å². The molecule has 2 rings (SSSR count). The summed E-state index contributed by atoms with van der Waals surface area (Å²) >= 11 is 4.83. The Balaban J connectivity index is 2.31. The van der Waals surface area contributed by atoms with Gasteiger partial charge in [0.05, 0.1) is 8.68 Å². The van der Waals surface area contributed by atoms with Crippen molar-refractivity contribution in [2.75, 3.05) is 13.1 Å². The molecule has 0 amide bonds. The minimum absolute atomic E-state index is 0.469. The molecule has 1 aliphatic heterocycles. The fourth-order valence-electron chi connectivity index (χ4n) is 2.11. The monoisotopic (exact) mass is 337 g/mol. The second-order valence-corrected chi connectivity index (χ2v) is 8.83. The Morgan fingerprint density at radius 3 is 2.29 bits per heavy atom.